The van der Waals surface area contributed by atoms with Crippen molar-refractivity contribution in [2.45, 2.75) is 40.5 Å². The minimum absolute atomic E-state index is 0.206. The van der Waals surface area contributed by atoms with E-state index in [0.717, 1.165) is 35.4 Å². The molecule has 0 aliphatic heterocycles. The zero-order chi connectivity index (χ0) is 16.6. The van der Waals surface area contributed by atoms with E-state index in [9.17, 15) is 4.39 Å². The lowest BCUT2D eigenvalue weighted by Crippen LogP contribution is -2.06. The number of halogens is 1. The number of fused-ring (bicyclic) bond motifs is 1. The fourth-order valence-electron chi connectivity index (χ4n) is 2.74. The Kier molecular flexibility index (Phi) is 3.92. The highest BCUT2D eigenvalue weighted by Gasteiger charge is 2.15. The van der Waals surface area contributed by atoms with Crippen LogP contribution in [0.3, 0.4) is 0 Å². The van der Waals surface area contributed by atoms with E-state index in [0.29, 0.717) is 5.56 Å². The molecule has 3 rings (SSSR count). The van der Waals surface area contributed by atoms with E-state index in [1.165, 1.54) is 0 Å². The molecule has 0 bridgehead atoms. The van der Waals surface area contributed by atoms with Crippen molar-refractivity contribution in [3.63, 3.8) is 0 Å². The second-order valence-electron chi connectivity index (χ2n) is 7.22. The van der Waals surface area contributed by atoms with Crippen LogP contribution in [0.25, 0.3) is 16.9 Å². The minimum atomic E-state index is -0.206. The van der Waals surface area contributed by atoms with Crippen molar-refractivity contribution < 1.29 is 4.39 Å². The maximum absolute atomic E-state index is 14.7. The lowest BCUT2D eigenvalue weighted by Gasteiger charge is -2.18. The number of hydrogen-bond donors (Lipinski definition) is 0. The first-order valence-electron chi connectivity index (χ1n) is 7.93. The molecule has 0 N–H and O–H groups in total. The predicted octanol–water partition coefficient (Wildman–Crippen LogP) is 4.82. The fourth-order valence-corrected chi connectivity index (χ4v) is 2.74. The van der Waals surface area contributed by atoms with Crippen molar-refractivity contribution in [3.05, 3.63) is 53.9 Å². The van der Waals surface area contributed by atoms with Gasteiger partial charge in [0.05, 0.1) is 17.6 Å². The van der Waals surface area contributed by atoms with Crippen molar-refractivity contribution in [1.82, 2.24) is 14.4 Å². The van der Waals surface area contributed by atoms with Crippen LogP contribution in [0.1, 0.15) is 38.4 Å². The van der Waals surface area contributed by atoms with Crippen LogP contribution in [0.5, 0.6) is 0 Å². The Hall–Kier alpha value is -2.23. The van der Waals surface area contributed by atoms with Crippen LogP contribution < -0.4 is 0 Å². The lowest BCUT2D eigenvalue weighted by molar-refractivity contribution is 0.378. The zero-order valence-corrected chi connectivity index (χ0v) is 14.1. The molecule has 0 atom stereocenters. The summed E-state index contributed by atoms with van der Waals surface area (Å²) in [4.78, 5) is 8.57. The number of hydrogen-bond acceptors (Lipinski definition) is 2. The summed E-state index contributed by atoms with van der Waals surface area (Å²) < 4.78 is 16.6. The van der Waals surface area contributed by atoms with Gasteiger partial charge in [0.15, 0.2) is 5.65 Å². The smallest absolute Gasteiger partial charge is 0.155 e. The summed E-state index contributed by atoms with van der Waals surface area (Å²) in [5.74, 6) is -0.206. The molecule has 2 heterocycles. The van der Waals surface area contributed by atoms with E-state index in [-0.39, 0.29) is 11.2 Å². The Morgan fingerprint density at radius 3 is 2.65 bits per heavy atom. The summed E-state index contributed by atoms with van der Waals surface area (Å²) in [5, 5.41) is 0. The highest BCUT2D eigenvalue weighted by atomic mass is 19.1. The lowest BCUT2D eigenvalue weighted by atomic mass is 9.88. The molecule has 1 aromatic carbocycles. The molecule has 0 saturated carbocycles. The van der Waals surface area contributed by atoms with E-state index in [2.05, 4.69) is 30.7 Å². The molecule has 0 aliphatic carbocycles. The van der Waals surface area contributed by atoms with Crippen LogP contribution in [0.2, 0.25) is 0 Å². The van der Waals surface area contributed by atoms with Crippen molar-refractivity contribution >= 4 is 5.65 Å². The molecule has 4 heteroatoms. The van der Waals surface area contributed by atoms with E-state index in [1.54, 1.807) is 18.5 Å². The van der Waals surface area contributed by atoms with Gasteiger partial charge in [-0.15, -0.1) is 0 Å². The second-order valence-corrected chi connectivity index (χ2v) is 7.22. The Balaban J connectivity index is 2.00. The van der Waals surface area contributed by atoms with Crippen LogP contribution in [-0.2, 0) is 6.42 Å². The Morgan fingerprint density at radius 2 is 1.96 bits per heavy atom. The summed E-state index contributed by atoms with van der Waals surface area (Å²) in [6, 6.07) is 5.52. The molecule has 0 amide bonds. The largest absolute Gasteiger partial charge is 0.296 e. The number of benzene rings is 1. The second kappa shape index (κ2) is 5.76. The maximum atomic E-state index is 14.7. The molecule has 23 heavy (non-hydrogen) atoms. The van der Waals surface area contributed by atoms with Gasteiger partial charge in [-0.05, 0) is 42.9 Å². The van der Waals surface area contributed by atoms with Crippen molar-refractivity contribution in [1.29, 1.82) is 0 Å². The first-order chi connectivity index (χ1) is 10.8. The van der Waals surface area contributed by atoms with Gasteiger partial charge >= 0.3 is 0 Å². The monoisotopic (exact) mass is 311 g/mol. The third-order valence-electron chi connectivity index (χ3n) is 4.08. The first kappa shape index (κ1) is 15.7. The summed E-state index contributed by atoms with van der Waals surface area (Å²) >= 11 is 0. The summed E-state index contributed by atoms with van der Waals surface area (Å²) in [7, 11) is 0. The quantitative estimate of drug-likeness (QED) is 0.694. The summed E-state index contributed by atoms with van der Waals surface area (Å²) in [6.07, 6.45) is 7.16. The van der Waals surface area contributed by atoms with Gasteiger partial charge in [-0.2, -0.15) is 0 Å². The third kappa shape index (κ3) is 3.26. The van der Waals surface area contributed by atoms with Gasteiger partial charge in [0.2, 0.25) is 0 Å². The van der Waals surface area contributed by atoms with Crippen molar-refractivity contribution in [2.24, 2.45) is 5.41 Å². The Labute approximate surface area is 136 Å². The number of aromatic nitrogens is 3. The van der Waals surface area contributed by atoms with Crippen LogP contribution in [-0.4, -0.2) is 14.4 Å². The molecule has 0 unspecified atom stereocenters. The van der Waals surface area contributed by atoms with E-state index in [1.807, 2.05) is 29.7 Å². The summed E-state index contributed by atoms with van der Waals surface area (Å²) in [6.45, 7) is 8.49. The number of imidazole rings is 1. The van der Waals surface area contributed by atoms with Crippen LogP contribution in [0, 0.1) is 18.2 Å². The molecule has 0 radical (unpaired) electrons. The summed E-state index contributed by atoms with van der Waals surface area (Å²) in [5.41, 5.74) is 4.12. The van der Waals surface area contributed by atoms with Gasteiger partial charge in [0.1, 0.15) is 5.82 Å². The van der Waals surface area contributed by atoms with Crippen LogP contribution >= 0.6 is 0 Å². The molecule has 0 saturated heterocycles. The van der Waals surface area contributed by atoms with Gasteiger partial charge in [-0.1, -0.05) is 26.8 Å². The van der Waals surface area contributed by atoms with Gasteiger partial charge in [0, 0.05) is 18.0 Å². The Morgan fingerprint density at radius 1 is 1.17 bits per heavy atom. The Bertz CT molecular complexity index is 843. The molecule has 3 aromatic rings. The SMILES string of the molecule is Cc1ncc2nccn2c1-c1ccc(CCC(C)(C)C)cc1F. The fraction of sp³-hybridized carbons (Fsp3) is 0.368. The third-order valence-corrected chi connectivity index (χ3v) is 4.08. The molecule has 120 valence electrons. The van der Waals surface area contributed by atoms with Crippen LogP contribution in [0.4, 0.5) is 4.39 Å². The van der Waals surface area contributed by atoms with E-state index < -0.39 is 0 Å². The minimum Gasteiger partial charge on any atom is -0.296 e. The zero-order valence-electron chi connectivity index (χ0n) is 14.1. The van der Waals surface area contributed by atoms with Gasteiger partial charge in [0.25, 0.3) is 0 Å². The molecule has 0 spiro atoms. The highest BCUT2D eigenvalue weighted by Crippen LogP contribution is 2.28. The van der Waals surface area contributed by atoms with Crippen molar-refractivity contribution in [3.8, 4) is 11.3 Å². The van der Waals surface area contributed by atoms with Gasteiger partial charge < -0.3 is 0 Å². The average Bonchev–Trinajstić information content (AvgIpc) is 2.94. The number of rotatable bonds is 3. The highest BCUT2D eigenvalue weighted by molar-refractivity contribution is 5.66. The van der Waals surface area contributed by atoms with Crippen molar-refractivity contribution in [2.75, 3.05) is 0 Å². The molecular formula is C19H22FN3. The van der Waals surface area contributed by atoms with Crippen LogP contribution in [0.15, 0.2) is 36.8 Å². The topological polar surface area (TPSA) is 30.2 Å². The standard InChI is InChI=1S/C19H22FN3/c1-13-18(23-10-9-21-17(23)12-22-13)15-6-5-14(11-16(15)20)7-8-19(2,3)4/h5-6,9-12H,7-8H2,1-4H3. The number of nitrogens with zero attached hydrogens (tertiary/aromatic N) is 3. The number of aryl methyl sites for hydroxylation is 2. The normalized spacial score (nSPS) is 12.0. The predicted molar refractivity (Wildman–Crippen MR) is 90.9 cm³/mol. The molecule has 0 fully saturated rings. The maximum Gasteiger partial charge on any atom is 0.155 e. The first-order valence-corrected chi connectivity index (χ1v) is 7.93. The van der Waals surface area contributed by atoms with E-state index in [4.69, 9.17) is 0 Å². The van der Waals surface area contributed by atoms with E-state index >= 15 is 0 Å². The molecule has 2 aromatic heterocycles. The molecule has 3 nitrogen and oxygen atoms in total. The molecule has 0 aliphatic rings. The van der Waals surface area contributed by atoms with Gasteiger partial charge in [-0.25, -0.2) is 9.37 Å². The van der Waals surface area contributed by atoms with Gasteiger partial charge in [-0.3, -0.25) is 9.38 Å². The molecular weight excluding hydrogens is 289 g/mol. The average molecular weight is 311 g/mol.